The van der Waals surface area contributed by atoms with Crippen LogP contribution in [-0.4, -0.2) is 48.1 Å². The van der Waals surface area contributed by atoms with E-state index >= 15 is 0 Å². The van der Waals surface area contributed by atoms with Crippen molar-refractivity contribution >= 4 is 11.6 Å². The first-order chi connectivity index (χ1) is 11.1. The summed E-state index contributed by atoms with van der Waals surface area (Å²) in [6.07, 6.45) is 6.57. The fourth-order valence-corrected chi connectivity index (χ4v) is 2.59. The maximum absolute atomic E-state index is 12.0. The van der Waals surface area contributed by atoms with Gasteiger partial charge in [-0.1, -0.05) is 19.8 Å². The number of likely N-dealkylation sites (tertiary alicyclic amines) is 1. The Hall–Kier alpha value is -1.66. The molecule has 1 aliphatic heterocycles. The van der Waals surface area contributed by atoms with E-state index in [0.29, 0.717) is 18.0 Å². The number of nitrogens with two attached hydrogens (primary N) is 1. The predicted octanol–water partition coefficient (Wildman–Crippen LogP) is 2.01. The van der Waals surface area contributed by atoms with Crippen LogP contribution in [0.4, 0.5) is 5.69 Å². The number of amides is 1. The molecule has 0 aliphatic carbocycles. The van der Waals surface area contributed by atoms with Gasteiger partial charge >= 0.3 is 0 Å². The van der Waals surface area contributed by atoms with Crippen LogP contribution < -0.4 is 15.8 Å². The van der Waals surface area contributed by atoms with Gasteiger partial charge in [-0.05, 0) is 32.4 Å². The van der Waals surface area contributed by atoms with Crippen LogP contribution in [0.3, 0.4) is 0 Å². The molecule has 0 aromatic carbocycles. The molecule has 23 heavy (non-hydrogen) atoms. The van der Waals surface area contributed by atoms with E-state index in [-0.39, 0.29) is 12.0 Å². The molecule has 1 fully saturated rings. The fourth-order valence-electron chi connectivity index (χ4n) is 2.59. The maximum atomic E-state index is 12.0. The van der Waals surface area contributed by atoms with E-state index in [9.17, 15) is 4.79 Å². The number of pyridine rings is 1. The lowest BCUT2D eigenvalue weighted by Crippen LogP contribution is -2.36. The summed E-state index contributed by atoms with van der Waals surface area (Å²) in [5.41, 5.74) is 6.51. The van der Waals surface area contributed by atoms with Gasteiger partial charge in [-0.2, -0.15) is 0 Å². The van der Waals surface area contributed by atoms with Crippen LogP contribution in [0, 0.1) is 0 Å². The summed E-state index contributed by atoms with van der Waals surface area (Å²) in [6, 6.07) is 3.14. The zero-order valence-corrected chi connectivity index (χ0v) is 14.1. The van der Waals surface area contributed by atoms with Crippen molar-refractivity contribution in [3.05, 3.63) is 18.3 Å². The van der Waals surface area contributed by atoms with Gasteiger partial charge in [0.05, 0.1) is 17.9 Å². The lowest BCUT2D eigenvalue weighted by molar-refractivity contribution is -0.117. The van der Waals surface area contributed by atoms with Crippen LogP contribution in [0.2, 0.25) is 0 Å². The number of aromatic nitrogens is 1. The van der Waals surface area contributed by atoms with E-state index in [1.165, 1.54) is 0 Å². The first-order valence-electron chi connectivity index (χ1n) is 8.46. The number of piperidine rings is 1. The molecule has 0 bridgehead atoms. The quantitative estimate of drug-likeness (QED) is 0.803. The van der Waals surface area contributed by atoms with Crippen molar-refractivity contribution < 1.29 is 9.53 Å². The summed E-state index contributed by atoms with van der Waals surface area (Å²) in [6.45, 7) is 4.18. The predicted molar refractivity (Wildman–Crippen MR) is 91.5 cm³/mol. The minimum atomic E-state index is -0.467. The number of hydrogen-bond donors (Lipinski definition) is 2. The second kappa shape index (κ2) is 8.84. The highest BCUT2D eigenvalue weighted by Crippen LogP contribution is 2.18. The smallest absolute Gasteiger partial charge is 0.241 e. The Kier molecular flexibility index (Phi) is 6.80. The summed E-state index contributed by atoms with van der Waals surface area (Å²) in [5, 5.41) is 2.80. The van der Waals surface area contributed by atoms with Gasteiger partial charge in [-0.3, -0.25) is 4.79 Å². The van der Waals surface area contributed by atoms with Crippen LogP contribution in [0.1, 0.15) is 39.0 Å². The summed E-state index contributed by atoms with van der Waals surface area (Å²) in [5.74, 6) is 0.442. The molecule has 128 valence electrons. The standard InChI is InChI=1S/C17H28N4O2/c1-3-4-5-15(18)17(22)20-13-6-7-16(19-12-13)23-14-8-10-21(2)11-9-14/h6-7,12,14-15H,3-5,8-11,18H2,1-2H3,(H,20,22). The third kappa shape index (κ3) is 5.80. The van der Waals surface area contributed by atoms with Gasteiger partial charge in [0.1, 0.15) is 6.10 Å². The van der Waals surface area contributed by atoms with Gasteiger partial charge < -0.3 is 20.7 Å². The molecule has 6 heteroatoms. The molecule has 1 atom stereocenters. The summed E-state index contributed by atoms with van der Waals surface area (Å²) in [7, 11) is 2.12. The topological polar surface area (TPSA) is 80.5 Å². The van der Waals surface area contributed by atoms with Crippen LogP contribution in [0.25, 0.3) is 0 Å². The van der Waals surface area contributed by atoms with Crippen molar-refractivity contribution in [3.8, 4) is 5.88 Å². The monoisotopic (exact) mass is 320 g/mol. The van der Waals surface area contributed by atoms with Crippen molar-refractivity contribution in [3.63, 3.8) is 0 Å². The van der Waals surface area contributed by atoms with Crippen molar-refractivity contribution in [1.82, 2.24) is 9.88 Å². The van der Waals surface area contributed by atoms with E-state index in [1.807, 2.05) is 6.07 Å². The molecule has 1 aromatic heterocycles. The molecule has 1 amide bonds. The third-order valence-corrected chi connectivity index (χ3v) is 4.16. The first kappa shape index (κ1) is 17.7. The minimum absolute atomic E-state index is 0.163. The first-order valence-corrected chi connectivity index (χ1v) is 8.46. The Morgan fingerprint density at radius 1 is 1.48 bits per heavy atom. The maximum Gasteiger partial charge on any atom is 0.241 e. The number of carbonyl (C=O) groups excluding carboxylic acids is 1. The van der Waals surface area contributed by atoms with Crippen molar-refractivity contribution in [1.29, 1.82) is 0 Å². The van der Waals surface area contributed by atoms with E-state index in [4.69, 9.17) is 10.5 Å². The van der Waals surface area contributed by atoms with Crippen LogP contribution in [0.5, 0.6) is 5.88 Å². The highest BCUT2D eigenvalue weighted by molar-refractivity contribution is 5.94. The van der Waals surface area contributed by atoms with Gasteiger partial charge in [0, 0.05) is 19.2 Å². The molecule has 0 spiro atoms. The number of carbonyl (C=O) groups is 1. The second-order valence-corrected chi connectivity index (χ2v) is 6.24. The van der Waals surface area contributed by atoms with Crippen LogP contribution in [0.15, 0.2) is 18.3 Å². The van der Waals surface area contributed by atoms with Gasteiger partial charge in [-0.25, -0.2) is 4.98 Å². The van der Waals surface area contributed by atoms with Gasteiger partial charge in [0.15, 0.2) is 0 Å². The van der Waals surface area contributed by atoms with Crippen LogP contribution >= 0.6 is 0 Å². The lowest BCUT2D eigenvalue weighted by Gasteiger charge is -2.28. The molecule has 1 aromatic rings. The number of nitrogens with zero attached hydrogens (tertiary/aromatic N) is 2. The minimum Gasteiger partial charge on any atom is -0.474 e. The zero-order chi connectivity index (χ0) is 16.7. The fraction of sp³-hybridized carbons (Fsp3) is 0.647. The third-order valence-electron chi connectivity index (χ3n) is 4.16. The van der Waals surface area contributed by atoms with Gasteiger partial charge in [0.25, 0.3) is 0 Å². The largest absolute Gasteiger partial charge is 0.474 e. The Morgan fingerprint density at radius 2 is 2.22 bits per heavy atom. The Bertz CT molecular complexity index is 484. The Labute approximate surface area is 138 Å². The summed E-state index contributed by atoms with van der Waals surface area (Å²) >= 11 is 0. The number of nitrogens with one attached hydrogen (secondary N) is 1. The highest BCUT2D eigenvalue weighted by atomic mass is 16.5. The van der Waals surface area contributed by atoms with E-state index in [0.717, 1.165) is 38.8 Å². The number of unbranched alkanes of at least 4 members (excludes halogenated alkanes) is 1. The normalized spacial score (nSPS) is 17.7. The lowest BCUT2D eigenvalue weighted by atomic mass is 10.1. The Balaban J connectivity index is 1.81. The molecule has 1 aliphatic rings. The zero-order valence-electron chi connectivity index (χ0n) is 14.1. The number of hydrogen-bond acceptors (Lipinski definition) is 5. The number of rotatable bonds is 7. The average molecular weight is 320 g/mol. The highest BCUT2D eigenvalue weighted by Gasteiger charge is 2.18. The van der Waals surface area contributed by atoms with Crippen LogP contribution in [-0.2, 0) is 4.79 Å². The van der Waals surface area contributed by atoms with E-state index in [2.05, 4.69) is 29.2 Å². The van der Waals surface area contributed by atoms with Crippen molar-refractivity contribution in [2.45, 2.75) is 51.2 Å². The molecule has 1 unspecified atom stereocenters. The molecule has 0 saturated carbocycles. The molecule has 2 heterocycles. The van der Waals surface area contributed by atoms with Gasteiger partial charge in [-0.15, -0.1) is 0 Å². The molecule has 3 N–H and O–H groups in total. The second-order valence-electron chi connectivity index (χ2n) is 6.24. The Morgan fingerprint density at radius 3 is 2.83 bits per heavy atom. The van der Waals surface area contributed by atoms with Crippen molar-refractivity contribution in [2.24, 2.45) is 5.73 Å². The summed E-state index contributed by atoms with van der Waals surface area (Å²) in [4.78, 5) is 18.5. The van der Waals surface area contributed by atoms with Gasteiger partial charge in [0.2, 0.25) is 11.8 Å². The van der Waals surface area contributed by atoms with Crippen molar-refractivity contribution in [2.75, 3.05) is 25.5 Å². The molecule has 1 saturated heterocycles. The average Bonchev–Trinajstić information content (AvgIpc) is 2.56. The number of ether oxygens (including phenoxy) is 1. The molecule has 2 rings (SSSR count). The molecule has 6 nitrogen and oxygen atoms in total. The number of anilines is 1. The molecular weight excluding hydrogens is 292 g/mol. The van der Waals surface area contributed by atoms with E-state index in [1.54, 1.807) is 12.3 Å². The molecular formula is C17H28N4O2. The molecule has 0 radical (unpaired) electrons. The SMILES string of the molecule is CCCCC(N)C(=O)Nc1ccc(OC2CCN(C)CC2)nc1. The van der Waals surface area contributed by atoms with E-state index < -0.39 is 6.04 Å². The summed E-state index contributed by atoms with van der Waals surface area (Å²) < 4.78 is 5.89.